The first-order valence-corrected chi connectivity index (χ1v) is 15.6. The summed E-state index contributed by atoms with van der Waals surface area (Å²) in [5.74, 6) is -0.864. The number of ether oxygens (including phenoxy) is 1. The van der Waals surface area contributed by atoms with Crippen molar-refractivity contribution in [2.45, 2.75) is 149 Å². The molecule has 0 aromatic heterocycles. The molecule has 0 bridgehead atoms. The molecule has 2 unspecified atom stereocenters. The molecule has 1 rings (SSSR count). The van der Waals surface area contributed by atoms with E-state index in [-0.39, 0.29) is 0 Å². The van der Waals surface area contributed by atoms with Crippen molar-refractivity contribution in [3.63, 3.8) is 0 Å². The van der Waals surface area contributed by atoms with E-state index in [1.165, 1.54) is 89.9 Å². The van der Waals surface area contributed by atoms with Crippen molar-refractivity contribution in [2.75, 3.05) is 6.61 Å². The fourth-order valence-electron chi connectivity index (χ4n) is 4.43. The molecule has 5 nitrogen and oxygen atoms in total. The van der Waals surface area contributed by atoms with E-state index in [4.69, 9.17) is 9.84 Å². The average Bonchev–Trinajstić information content (AvgIpc) is 2.93. The third-order valence-electron chi connectivity index (χ3n) is 7.13. The van der Waals surface area contributed by atoms with E-state index in [0.717, 1.165) is 25.7 Å². The lowest BCUT2D eigenvalue weighted by Gasteiger charge is -2.16. The van der Waals surface area contributed by atoms with Crippen LogP contribution >= 0.6 is 0 Å². The Hall–Kier alpha value is -1.88. The molecular weight excluding hydrogens is 476 g/mol. The van der Waals surface area contributed by atoms with Crippen molar-refractivity contribution < 1.29 is 24.5 Å². The second-order valence-corrected chi connectivity index (χ2v) is 10.6. The molecule has 0 heterocycles. The van der Waals surface area contributed by atoms with Crippen LogP contribution in [-0.4, -0.2) is 34.9 Å². The van der Waals surface area contributed by atoms with Crippen LogP contribution in [0, 0.1) is 5.92 Å². The van der Waals surface area contributed by atoms with E-state index in [0.29, 0.717) is 24.5 Å². The molecule has 0 saturated carbocycles. The van der Waals surface area contributed by atoms with Crippen molar-refractivity contribution in [1.82, 2.24) is 0 Å². The number of hydrogen-bond acceptors (Lipinski definition) is 4. The second-order valence-electron chi connectivity index (χ2n) is 10.6. The lowest BCUT2D eigenvalue weighted by atomic mass is 10.0. The summed E-state index contributed by atoms with van der Waals surface area (Å²) >= 11 is 0. The van der Waals surface area contributed by atoms with Gasteiger partial charge in [-0.3, -0.25) is 0 Å². The largest absolute Gasteiger partial charge is 0.478 e. The summed E-state index contributed by atoms with van der Waals surface area (Å²) in [7, 11) is 0. The van der Waals surface area contributed by atoms with Crippen LogP contribution in [0.1, 0.15) is 153 Å². The van der Waals surface area contributed by atoms with E-state index < -0.39 is 18.0 Å². The van der Waals surface area contributed by atoms with Gasteiger partial charge in [-0.05, 0) is 30.9 Å². The number of aliphatic hydroxyl groups excluding tert-OH is 1. The summed E-state index contributed by atoms with van der Waals surface area (Å²) in [6.45, 7) is 7.05. The summed E-state index contributed by atoms with van der Waals surface area (Å²) < 4.78 is 5.33. The summed E-state index contributed by atoms with van der Waals surface area (Å²) in [4.78, 5) is 22.1. The second kappa shape index (κ2) is 26.7. The first-order chi connectivity index (χ1) is 18.5. The van der Waals surface area contributed by atoms with Gasteiger partial charge in [0.1, 0.15) is 0 Å². The molecule has 220 valence electrons. The molecule has 0 amide bonds. The molecule has 0 spiro atoms. The maximum atomic E-state index is 11.9. The molecule has 0 aliphatic rings. The number of aliphatic hydroxyl groups is 1. The number of hydrogen-bond donors (Lipinski definition) is 2. The van der Waals surface area contributed by atoms with Crippen LogP contribution in [0.5, 0.6) is 0 Å². The van der Waals surface area contributed by atoms with E-state index in [9.17, 15) is 14.7 Å². The number of esters is 1. The Morgan fingerprint density at radius 3 is 1.58 bits per heavy atom. The topological polar surface area (TPSA) is 83.8 Å². The average molecular weight is 535 g/mol. The predicted molar refractivity (Wildman–Crippen MR) is 159 cm³/mol. The molecule has 0 fully saturated rings. The van der Waals surface area contributed by atoms with E-state index in [1.807, 2.05) is 0 Å². The zero-order valence-corrected chi connectivity index (χ0v) is 24.8. The maximum Gasteiger partial charge on any atom is 0.335 e. The van der Waals surface area contributed by atoms with Gasteiger partial charge in [-0.2, -0.15) is 0 Å². The van der Waals surface area contributed by atoms with Crippen molar-refractivity contribution >= 4 is 11.9 Å². The standard InChI is InChI=1S/C26H52O3.C7H6O2/c1-4-7-9-10-11-12-13-14-15-16-17-18-19-20-22-25(27)26(28)29-23-24(6-3)21-8-5-2;8-7(9)6-4-2-1-3-5-6/h24-25,27H,4-23H2,1-3H3;1-5H,(H,8,9). The third kappa shape index (κ3) is 22.1. The van der Waals surface area contributed by atoms with Crippen LogP contribution in [0.15, 0.2) is 30.3 Å². The normalized spacial score (nSPS) is 12.3. The molecule has 1 aromatic carbocycles. The van der Waals surface area contributed by atoms with E-state index in [2.05, 4.69) is 20.8 Å². The van der Waals surface area contributed by atoms with Crippen LogP contribution in [-0.2, 0) is 9.53 Å². The Morgan fingerprint density at radius 2 is 1.16 bits per heavy atom. The monoisotopic (exact) mass is 534 g/mol. The summed E-state index contributed by atoms with van der Waals surface area (Å²) in [6.07, 6.45) is 22.5. The first kappa shape index (κ1) is 36.1. The Labute approximate surface area is 233 Å². The van der Waals surface area contributed by atoms with Crippen LogP contribution in [0.2, 0.25) is 0 Å². The lowest BCUT2D eigenvalue weighted by molar-refractivity contribution is -0.155. The molecule has 0 radical (unpaired) electrons. The van der Waals surface area contributed by atoms with Crippen LogP contribution in [0.25, 0.3) is 0 Å². The minimum atomic E-state index is -0.934. The summed E-state index contributed by atoms with van der Waals surface area (Å²) in [6, 6.07) is 8.30. The Morgan fingerprint density at radius 1 is 0.684 bits per heavy atom. The Balaban J connectivity index is 0.00000127. The van der Waals surface area contributed by atoms with Crippen LogP contribution < -0.4 is 0 Å². The molecule has 5 heteroatoms. The molecule has 2 atom stereocenters. The zero-order valence-electron chi connectivity index (χ0n) is 24.8. The molecule has 0 aliphatic heterocycles. The number of carbonyl (C=O) groups excluding carboxylic acids is 1. The van der Waals surface area contributed by atoms with Crippen molar-refractivity contribution in [3.05, 3.63) is 35.9 Å². The maximum absolute atomic E-state index is 11.9. The van der Waals surface area contributed by atoms with Crippen LogP contribution in [0.4, 0.5) is 0 Å². The highest BCUT2D eigenvalue weighted by molar-refractivity contribution is 5.87. The highest BCUT2D eigenvalue weighted by Gasteiger charge is 2.17. The third-order valence-corrected chi connectivity index (χ3v) is 7.13. The zero-order chi connectivity index (χ0) is 28.3. The molecular formula is C33H58O5. The van der Waals surface area contributed by atoms with Gasteiger partial charge < -0.3 is 14.9 Å². The lowest BCUT2D eigenvalue weighted by Crippen LogP contribution is -2.25. The molecule has 38 heavy (non-hydrogen) atoms. The number of rotatable bonds is 23. The number of aromatic carboxylic acids is 1. The SMILES string of the molecule is CCCCCCCCCCCCCCCCC(O)C(=O)OCC(CC)CCCC.O=C(O)c1ccccc1. The van der Waals surface area contributed by atoms with Gasteiger partial charge in [0.25, 0.3) is 0 Å². The summed E-state index contributed by atoms with van der Waals surface area (Å²) in [5, 5.41) is 18.4. The molecule has 0 saturated heterocycles. The first-order valence-electron chi connectivity index (χ1n) is 15.6. The van der Waals surface area contributed by atoms with Crippen molar-refractivity contribution in [2.24, 2.45) is 5.92 Å². The minimum Gasteiger partial charge on any atom is -0.478 e. The van der Waals surface area contributed by atoms with Crippen LogP contribution in [0.3, 0.4) is 0 Å². The Bertz CT molecular complexity index is 661. The van der Waals surface area contributed by atoms with Crippen molar-refractivity contribution in [1.29, 1.82) is 0 Å². The molecule has 1 aromatic rings. The van der Waals surface area contributed by atoms with Gasteiger partial charge in [0.2, 0.25) is 0 Å². The number of carboxylic acids is 1. The van der Waals surface area contributed by atoms with Gasteiger partial charge >= 0.3 is 11.9 Å². The van der Waals surface area contributed by atoms with Gasteiger partial charge in [0.05, 0.1) is 12.2 Å². The van der Waals surface area contributed by atoms with E-state index in [1.54, 1.807) is 30.3 Å². The number of unbranched alkanes of at least 4 members (excludes halogenated alkanes) is 14. The smallest absolute Gasteiger partial charge is 0.335 e. The number of carbonyl (C=O) groups is 2. The Kier molecular flexibility index (Phi) is 25.4. The van der Waals surface area contributed by atoms with Gasteiger partial charge in [-0.1, -0.05) is 148 Å². The molecule has 2 N–H and O–H groups in total. The van der Waals surface area contributed by atoms with Gasteiger partial charge in [-0.15, -0.1) is 0 Å². The number of benzene rings is 1. The van der Waals surface area contributed by atoms with Gasteiger partial charge in [-0.25, -0.2) is 9.59 Å². The quantitative estimate of drug-likeness (QED) is 0.108. The molecule has 0 aliphatic carbocycles. The van der Waals surface area contributed by atoms with Gasteiger partial charge in [0, 0.05) is 0 Å². The number of carboxylic acid groups (broad SMARTS) is 1. The predicted octanol–water partition coefficient (Wildman–Crippen LogP) is 9.36. The fourth-order valence-corrected chi connectivity index (χ4v) is 4.43. The van der Waals surface area contributed by atoms with Gasteiger partial charge in [0.15, 0.2) is 6.10 Å². The fraction of sp³-hybridized carbons (Fsp3) is 0.758. The van der Waals surface area contributed by atoms with E-state index >= 15 is 0 Å². The minimum absolute atomic E-state index is 0.331. The van der Waals surface area contributed by atoms with Crippen molar-refractivity contribution in [3.8, 4) is 0 Å². The highest BCUT2D eigenvalue weighted by atomic mass is 16.5. The summed E-state index contributed by atoms with van der Waals surface area (Å²) in [5.41, 5.74) is 0.331. The highest BCUT2D eigenvalue weighted by Crippen LogP contribution is 2.15.